The van der Waals surface area contributed by atoms with E-state index in [1.54, 1.807) is 31.2 Å². The van der Waals surface area contributed by atoms with Crippen LogP contribution < -0.4 is 9.62 Å². The minimum absolute atomic E-state index is 0.205. The van der Waals surface area contributed by atoms with Gasteiger partial charge in [0.15, 0.2) is 0 Å². The van der Waals surface area contributed by atoms with Crippen molar-refractivity contribution < 1.29 is 18.0 Å². The topological polar surface area (TPSA) is 86.8 Å². The van der Waals surface area contributed by atoms with Crippen molar-refractivity contribution in [1.29, 1.82) is 0 Å². The largest absolute Gasteiger partial charge is 0.354 e. The Balaban J connectivity index is 2.37. The number of aryl methyl sites for hydroxylation is 1. The number of carbonyl (C=O) groups is 2. The Bertz CT molecular complexity index is 1040. The van der Waals surface area contributed by atoms with Crippen LogP contribution in [0.25, 0.3) is 0 Å². The van der Waals surface area contributed by atoms with E-state index in [0.717, 1.165) is 31.7 Å². The average molecular weight is 571 g/mol. The molecule has 0 aliphatic carbocycles. The monoisotopic (exact) mass is 571 g/mol. The molecule has 0 unspecified atom stereocenters. The number of hydrogen-bond acceptors (Lipinski definition) is 4. The number of nitrogens with one attached hydrogen (secondary N) is 1. The first-order chi connectivity index (χ1) is 15.0. The van der Waals surface area contributed by atoms with E-state index in [4.69, 9.17) is 0 Å². The van der Waals surface area contributed by atoms with E-state index in [1.165, 1.54) is 4.90 Å². The summed E-state index contributed by atoms with van der Waals surface area (Å²) in [4.78, 5) is 27.5. The van der Waals surface area contributed by atoms with E-state index in [9.17, 15) is 18.0 Å². The molecule has 0 aliphatic rings. The number of amides is 2. The standard InChI is InChI=1S/C23H30IN3O4S/c1-5-14-25-23(29)18(3)26(15-19-9-7-6-8-17(19)2)22(28)16-27(32(4,30)31)21-12-10-20(24)11-13-21/h6-13,18H,5,14-16H2,1-4H3,(H,25,29)/t18-/m0/s1. The molecule has 32 heavy (non-hydrogen) atoms. The number of anilines is 1. The quantitative estimate of drug-likeness (QED) is 0.444. The SMILES string of the molecule is CCCNC(=O)[C@H](C)N(Cc1ccccc1C)C(=O)CN(c1ccc(I)cc1)S(C)(=O)=O. The Labute approximate surface area is 204 Å². The summed E-state index contributed by atoms with van der Waals surface area (Å²) < 4.78 is 27.0. The molecular formula is C23H30IN3O4S. The number of carbonyl (C=O) groups excluding carboxylic acids is 2. The summed E-state index contributed by atoms with van der Waals surface area (Å²) in [6.45, 7) is 5.87. The lowest BCUT2D eigenvalue weighted by Gasteiger charge is -2.31. The third-order valence-corrected chi connectivity index (χ3v) is 6.97. The number of rotatable bonds is 10. The zero-order chi connectivity index (χ0) is 23.9. The molecule has 174 valence electrons. The molecule has 0 aromatic heterocycles. The van der Waals surface area contributed by atoms with Crippen LogP contribution in [-0.4, -0.2) is 50.5 Å². The second-order valence-electron chi connectivity index (χ2n) is 7.66. The van der Waals surface area contributed by atoms with Crippen molar-refractivity contribution in [2.75, 3.05) is 23.7 Å². The van der Waals surface area contributed by atoms with Crippen molar-refractivity contribution in [2.24, 2.45) is 0 Å². The fourth-order valence-corrected chi connectivity index (χ4v) is 4.38. The van der Waals surface area contributed by atoms with E-state index in [0.29, 0.717) is 12.2 Å². The highest BCUT2D eigenvalue weighted by atomic mass is 127. The van der Waals surface area contributed by atoms with Crippen LogP contribution in [0.3, 0.4) is 0 Å². The maximum absolute atomic E-state index is 13.4. The van der Waals surface area contributed by atoms with E-state index < -0.39 is 28.5 Å². The predicted octanol–water partition coefficient (Wildman–Crippen LogP) is 3.31. The predicted molar refractivity (Wildman–Crippen MR) is 136 cm³/mol. The molecule has 0 fully saturated rings. The van der Waals surface area contributed by atoms with Crippen LogP contribution in [0.15, 0.2) is 48.5 Å². The average Bonchev–Trinajstić information content (AvgIpc) is 2.74. The van der Waals surface area contributed by atoms with Gasteiger partial charge in [0.1, 0.15) is 12.6 Å². The molecule has 0 spiro atoms. The van der Waals surface area contributed by atoms with Crippen molar-refractivity contribution in [3.63, 3.8) is 0 Å². The molecule has 7 nitrogen and oxygen atoms in total. The molecular weight excluding hydrogens is 541 g/mol. The lowest BCUT2D eigenvalue weighted by molar-refractivity contribution is -0.139. The lowest BCUT2D eigenvalue weighted by atomic mass is 10.1. The molecule has 1 atom stereocenters. The summed E-state index contributed by atoms with van der Waals surface area (Å²) in [6.07, 6.45) is 1.85. The molecule has 0 saturated heterocycles. The number of benzene rings is 2. The number of sulfonamides is 1. The lowest BCUT2D eigenvalue weighted by Crippen LogP contribution is -2.51. The molecule has 2 amide bonds. The summed E-state index contributed by atoms with van der Waals surface area (Å²) in [7, 11) is -3.72. The summed E-state index contributed by atoms with van der Waals surface area (Å²) >= 11 is 2.13. The zero-order valence-corrected chi connectivity index (χ0v) is 21.8. The van der Waals surface area contributed by atoms with Gasteiger partial charge < -0.3 is 10.2 Å². The van der Waals surface area contributed by atoms with Gasteiger partial charge in [-0.15, -0.1) is 0 Å². The maximum atomic E-state index is 13.4. The number of nitrogens with zero attached hydrogens (tertiary/aromatic N) is 2. The highest BCUT2D eigenvalue weighted by Crippen LogP contribution is 2.21. The summed E-state index contributed by atoms with van der Waals surface area (Å²) in [5.41, 5.74) is 2.29. The summed E-state index contributed by atoms with van der Waals surface area (Å²) in [5.74, 6) is -0.717. The van der Waals surface area contributed by atoms with Crippen LogP contribution in [0.4, 0.5) is 5.69 Å². The first-order valence-corrected chi connectivity index (χ1v) is 13.3. The van der Waals surface area contributed by atoms with Crippen molar-refractivity contribution >= 4 is 50.1 Å². The Morgan fingerprint density at radius 1 is 1.09 bits per heavy atom. The van der Waals surface area contributed by atoms with Crippen LogP contribution in [0, 0.1) is 10.5 Å². The van der Waals surface area contributed by atoms with Crippen molar-refractivity contribution in [1.82, 2.24) is 10.2 Å². The van der Waals surface area contributed by atoms with Gasteiger partial charge in [0, 0.05) is 16.7 Å². The highest BCUT2D eigenvalue weighted by Gasteiger charge is 2.30. The van der Waals surface area contributed by atoms with Crippen molar-refractivity contribution in [3.8, 4) is 0 Å². The number of hydrogen-bond donors (Lipinski definition) is 1. The highest BCUT2D eigenvalue weighted by molar-refractivity contribution is 14.1. The van der Waals surface area contributed by atoms with Gasteiger partial charge in [-0.05, 0) is 78.3 Å². The minimum Gasteiger partial charge on any atom is -0.354 e. The molecule has 0 heterocycles. The van der Waals surface area contributed by atoms with Crippen LogP contribution in [0.2, 0.25) is 0 Å². The Morgan fingerprint density at radius 2 is 1.72 bits per heavy atom. The first kappa shape index (κ1) is 26.1. The van der Waals surface area contributed by atoms with E-state index in [1.807, 2.05) is 38.1 Å². The van der Waals surface area contributed by atoms with Gasteiger partial charge in [-0.1, -0.05) is 31.2 Å². The van der Waals surface area contributed by atoms with E-state index in [2.05, 4.69) is 27.9 Å². The Hall–Kier alpha value is -2.14. The first-order valence-electron chi connectivity index (χ1n) is 10.4. The molecule has 0 saturated carbocycles. The van der Waals surface area contributed by atoms with Crippen LogP contribution in [0.5, 0.6) is 0 Å². The van der Waals surface area contributed by atoms with Gasteiger partial charge >= 0.3 is 0 Å². The summed E-state index contributed by atoms with van der Waals surface area (Å²) in [5, 5.41) is 2.82. The van der Waals surface area contributed by atoms with Gasteiger partial charge in [0.2, 0.25) is 21.8 Å². The Kier molecular flexibility index (Phi) is 9.50. The third-order valence-electron chi connectivity index (χ3n) is 5.11. The van der Waals surface area contributed by atoms with E-state index in [-0.39, 0.29) is 12.5 Å². The second kappa shape index (κ2) is 11.6. The molecule has 9 heteroatoms. The molecule has 1 N–H and O–H groups in total. The van der Waals surface area contributed by atoms with Gasteiger partial charge in [-0.3, -0.25) is 13.9 Å². The van der Waals surface area contributed by atoms with Gasteiger partial charge in [0.25, 0.3) is 0 Å². The van der Waals surface area contributed by atoms with Crippen molar-refractivity contribution in [2.45, 2.75) is 39.8 Å². The van der Waals surface area contributed by atoms with Gasteiger partial charge in [-0.2, -0.15) is 0 Å². The Morgan fingerprint density at radius 3 is 2.28 bits per heavy atom. The van der Waals surface area contributed by atoms with Crippen LogP contribution in [0.1, 0.15) is 31.4 Å². The number of halogens is 1. The fourth-order valence-electron chi connectivity index (χ4n) is 3.17. The molecule has 0 aliphatic heterocycles. The smallest absolute Gasteiger partial charge is 0.244 e. The normalized spacial score (nSPS) is 12.2. The molecule has 0 radical (unpaired) electrons. The fraction of sp³-hybridized carbons (Fsp3) is 0.391. The van der Waals surface area contributed by atoms with E-state index >= 15 is 0 Å². The second-order valence-corrected chi connectivity index (χ2v) is 10.8. The third kappa shape index (κ3) is 7.19. The zero-order valence-electron chi connectivity index (χ0n) is 18.8. The molecule has 2 rings (SSSR count). The van der Waals surface area contributed by atoms with Gasteiger partial charge in [-0.25, -0.2) is 8.42 Å². The molecule has 0 bridgehead atoms. The van der Waals surface area contributed by atoms with Crippen LogP contribution in [-0.2, 0) is 26.2 Å². The summed E-state index contributed by atoms with van der Waals surface area (Å²) in [6, 6.07) is 13.8. The minimum atomic E-state index is -3.72. The maximum Gasteiger partial charge on any atom is 0.244 e. The van der Waals surface area contributed by atoms with Gasteiger partial charge in [0.05, 0.1) is 11.9 Å². The van der Waals surface area contributed by atoms with Crippen LogP contribution >= 0.6 is 22.6 Å². The molecule has 2 aromatic rings. The molecule has 2 aromatic carbocycles. The van der Waals surface area contributed by atoms with Crippen molar-refractivity contribution in [3.05, 3.63) is 63.2 Å².